The van der Waals surface area contributed by atoms with Crippen molar-refractivity contribution in [3.8, 4) is 5.75 Å². The Morgan fingerprint density at radius 3 is 2.28 bits per heavy atom. The van der Waals surface area contributed by atoms with Gasteiger partial charge in [0.15, 0.2) is 0 Å². The number of rotatable bonds is 7. The second-order valence-corrected chi connectivity index (χ2v) is 9.21. The molecule has 1 aliphatic rings. The first-order chi connectivity index (χ1) is 17.1. The molecule has 1 amide bonds. The van der Waals surface area contributed by atoms with Crippen molar-refractivity contribution in [3.05, 3.63) is 59.2 Å². The number of nitrogens with zero attached hydrogens (tertiary/aromatic N) is 2. The number of halogens is 2. The van der Waals surface area contributed by atoms with Crippen LogP contribution in [0.25, 0.3) is 12.2 Å². The largest absolute Gasteiger partial charge is 0.462 e. The summed E-state index contributed by atoms with van der Waals surface area (Å²) in [7, 11) is 0. The number of alkyl halides is 2. The van der Waals surface area contributed by atoms with E-state index >= 15 is 0 Å². The number of hydrogen-bond acceptors (Lipinski definition) is 6. The minimum Gasteiger partial charge on any atom is -0.462 e. The molecular formula is C27H32F2N2O5. The molecule has 1 aliphatic heterocycles. The number of piperazine rings is 1. The summed E-state index contributed by atoms with van der Waals surface area (Å²) in [6, 6.07) is 12.6. The van der Waals surface area contributed by atoms with Gasteiger partial charge in [-0.2, -0.15) is 8.78 Å². The van der Waals surface area contributed by atoms with Crippen molar-refractivity contribution in [2.45, 2.75) is 39.9 Å². The maximum Gasteiger partial charge on any atom is 0.410 e. The third kappa shape index (κ3) is 7.44. The second-order valence-electron chi connectivity index (χ2n) is 9.21. The average Bonchev–Trinajstić information content (AvgIpc) is 2.82. The van der Waals surface area contributed by atoms with Crippen LogP contribution in [0.2, 0.25) is 0 Å². The Kier molecular flexibility index (Phi) is 8.90. The lowest BCUT2D eigenvalue weighted by Gasteiger charge is -2.37. The monoisotopic (exact) mass is 502 g/mol. The van der Waals surface area contributed by atoms with Crippen molar-refractivity contribution < 1.29 is 32.6 Å². The van der Waals surface area contributed by atoms with Crippen LogP contribution in [0.15, 0.2) is 42.5 Å². The molecule has 0 aromatic heterocycles. The number of esters is 1. The maximum atomic E-state index is 13.3. The highest BCUT2D eigenvalue weighted by Gasteiger charge is 2.28. The zero-order chi connectivity index (χ0) is 26.3. The molecule has 0 radical (unpaired) electrons. The molecule has 1 saturated heterocycles. The summed E-state index contributed by atoms with van der Waals surface area (Å²) >= 11 is 0. The molecule has 0 N–H and O–H groups in total. The van der Waals surface area contributed by atoms with E-state index in [4.69, 9.17) is 14.2 Å². The van der Waals surface area contributed by atoms with Gasteiger partial charge in [0, 0.05) is 37.9 Å². The topological polar surface area (TPSA) is 68.3 Å². The average molecular weight is 503 g/mol. The van der Waals surface area contributed by atoms with Crippen LogP contribution in [0, 0.1) is 0 Å². The molecule has 0 atom stereocenters. The van der Waals surface area contributed by atoms with Crippen molar-refractivity contribution in [2.75, 3.05) is 37.7 Å². The Morgan fingerprint density at radius 2 is 1.69 bits per heavy atom. The summed E-state index contributed by atoms with van der Waals surface area (Å²) in [6.07, 6.45) is 3.07. The van der Waals surface area contributed by atoms with Gasteiger partial charge in [-0.1, -0.05) is 42.5 Å². The van der Waals surface area contributed by atoms with E-state index in [0.29, 0.717) is 37.4 Å². The molecule has 0 bridgehead atoms. The van der Waals surface area contributed by atoms with Crippen LogP contribution in [0.3, 0.4) is 0 Å². The Balaban J connectivity index is 1.94. The van der Waals surface area contributed by atoms with E-state index in [0.717, 1.165) is 5.56 Å². The van der Waals surface area contributed by atoms with E-state index in [9.17, 15) is 18.4 Å². The number of amides is 1. The molecule has 1 fully saturated rings. The summed E-state index contributed by atoms with van der Waals surface area (Å²) in [5.41, 5.74) is 1.19. The minimum atomic E-state index is -3.12. The molecule has 2 aromatic rings. The molecule has 0 aliphatic carbocycles. The Hall–Kier alpha value is -3.62. The van der Waals surface area contributed by atoms with Gasteiger partial charge in [-0.3, -0.25) is 0 Å². The van der Waals surface area contributed by atoms with Crippen molar-refractivity contribution in [1.82, 2.24) is 4.90 Å². The lowest BCUT2D eigenvalue weighted by atomic mass is 10.0. The van der Waals surface area contributed by atoms with Crippen molar-refractivity contribution >= 4 is 29.9 Å². The van der Waals surface area contributed by atoms with Crippen LogP contribution >= 0.6 is 0 Å². The fourth-order valence-electron chi connectivity index (χ4n) is 3.77. The van der Waals surface area contributed by atoms with E-state index in [1.54, 1.807) is 50.8 Å². The highest BCUT2D eigenvalue weighted by Crippen LogP contribution is 2.33. The van der Waals surface area contributed by atoms with E-state index in [2.05, 4.69) is 0 Å². The predicted octanol–water partition coefficient (Wildman–Crippen LogP) is 5.69. The lowest BCUT2D eigenvalue weighted by molar-refractivity contribution is -0.0504. The molecule has 7 nitrogen and oxygen atoms in total. The molecule has 9 heteroatoms. The molecule has 0 saturated carbocycles. The van der Waals surface area contributed by atoms with Gasteiger partial charge in [0.25, 0.3) is 0 Å². The molecule has 1 heterocycles. The summed E-state index contributed by atoms with van der Waals surface area (Å²) in [6.45, 7) is 5.73. The number of carbonyl (C=O) groups is 2. The fraction of sp³-hybridized carbons (Fsp3) is 0.407. The van der Waals surface area contributed by atoms with Gasteiger partial charge >= 0.3 is 18.7 Å². The van der Waals surface area contributed by atoms with Gasteiger partial charge in [-0.05, 0) is 44.9 Å². The maximum absolute atomic E-state index is 13.3. The first-order valence-corrected chi connectivity index (χ1v) is 11.8. The van der Waals surface area contributed by atoms with Gasteiger partial charge in [0.2, 0.25) is 0 Å². The van der Waals surface area contributed by atoms with Gasteiger partial charge in [-0.25, -0.2) is 9.59 Å². The van der Waals surface area contributed by atoms with E-state index in [1.165, 1.54) is 6.07 Å². The second kappa shape index (κ2) is 11.9. The van der Waals surface area contributed by atoms with E-state index < -0.39 is 24.3 Å². The molecule has 36 heavy (non-hydrogen) atoms. The Bertz CT molecular complexity index is 1080. The number of anilines is 1. The SMILES string of the molecule is CCOC(=O)c1c(/C=C/c2ccccc2)cc(N2CCN(C(=O)OC(C)(C)C)CC2)cc1OC(F)F. The summed E-state index contributed by atoms with van der Waals surface area (Å²) in [5.74, 6) is -1.01. The van der Waals surface area contributed by atoms with E-state index in [1.807, 2.05) is 35.2 Å². The quantitative estimate of drug-likeness (QED) is 0.358. The van der Waals surface area contributed by atoms with Crippen LogP contribution in [-0.2, 0) is 9.47 Å². The third-order valence-electron chi connectivity index (χ3n) is 5.36. The van der Waals surface area contributed by atoms with Crippen LogP contribution in [0.1, 0.15) is 49.2 Å². The smallest absolute Gasteiger partial charge is 0.410 e. The summed E-state index contributed by atoms with van der Waals surface area (Å²) < 4.78 is 42.0. The number of ether oxygens (including phenoxy) is 3. The van der Waals surface area contributed by atoms with Crippen molar-refractivity contribution in [3.63, 3.8) is 0 Å². The molecule has 194 valence electrons. The first-order valence-electron chi connectivity index (χ1n) is 11.8. The molecule has 0 unspecified atom stereocenters. The summed E-state index contributed by atoms with van der Waals surface area (Å²) in [5, 5.41) is 0. The van der Waals surface area contributed by atoms with Crippen molar-refractivity contribution in [1.29, 1.82) is 0 Å². The van der Waals surface area contributed by atoms with Gasteiger partial charge in [0.05, 0.1) is 6.61 Å². The van der Waals surface area contributed by atoms with Gasteiger partial charge < -0.3 is 24.0 Å². The van der Waals surface area contributed by atoms with E-state index in [-0.39, 0.29) is 17.9 Å². The van der Waals surface area contributed by atoms with Gasteiger partial charge in [-0.15, -0.1) is 0 Å². The van der Waals surface area contributed by atoms with Gasteiger partial charge in [0.1, 0.15) is 16.9 Å². The van der Waals surface area contributed by atoms with Crippen LogP contribution in [0.4, 0.5) is 19.3 Å². The third-order valence-corrected chi connectivity index (χ3v) is 5.36. The standard InChI is InChI=1S/C27H32F2N2O5/c1-5-34-24(32)23-20(12-11-19-9-7-6-8-10-19)17-21(18-22(23)35-25(28)29)30-13-15-31(16-14-30)26(33)36-27(2,3)4/h6-12,17-18,25H,5,13-16H2,1-4H3/b12-11+. The number of benzene rings is 2. The highest BCUT2D eigenvalue weighted by atomic mass is 19.3. The lowest BCUT2D eigenvalue weighted by Crippen LogP contribution is -2.50. The zero-order valence-corrected chi connectivity index (χ0v) is 21.0. The molecule has 3 rings (SSSR count). The van der Waals surface area contributed by atoms with Crippen LogP contribution in [0.5, 0.6) is 5.75 Å². The molecule has 0 spiro atoms. The molecular weight excluding hydrogens is 470 g/mol. The number of hydrogen-bond donors (Lipinski definition) is 0. The predicted molar refractivity (Wildman–Crippen MR) is 134 cm³/mol. The van der Waals surface area contributed by atoms with Crippen molar-refractivity contribution in [2.24, 2.45) is 0 Å². The van der Waals surface area contributed by atoms with Crippen LogP contribution in [-0.4, -0.2) is 62.0 Å². The Morgan fingerprint density at radius 1 is 1.03 bits per heavy atom. The highest BCUT2D eigenvalue weighted by molar-refractivity contribution is 5.98. The molecule has 2 aromatic carbocycles. The summed E-state index contributed by atoms with van der Waals surface area (Å²) in [4.78, 5) is 28.7. The first kappa shape index (κ1) is 27.0. The minimum absolute atomic E-state index is 0.0690. The van der Waals surface area contributed by atoms with Crippen LogP contribution < -0.4 is 9.64 Å². The zero-order valence-electron chi connectivity index (χ0n) is 21.0. The number of carbonyl (C=O) groups excluding carboxylic acids is 2. The Labute approximate surface area is 210 Å². The normalized spacial score (nSPS) is 14.3. The fourth-order valence-corrected chi connectivity index (χ4v) is 3.77.